The van der Waals surface area contributed by atoms with E-state index in [9.17, 15) is 4.79 Å². The van der Waals surface area contributed by atoms with Gasteiger partial charge in [0.1, 0.15) is 23.9 Å². The van der Waals surface area contributed by atoms with Crippen LogP contribution in [-0.2, 0) is 32.0 Å². The Bertz CT molecular complexity index is 838. The number of esters is 1. The third-order valence-corrected chi connectivity index (χ3v) is 5.37. The molecular formula is C26H36O7. The first-order chi connectivity index (χ1) is 16.0. The number of methoxy groups -OCH3 is 4. The Hall–Kier alpha value is -2.61. The van der Waals surface area contributed by atoms with Gasteiger partial charge in [0.25, 0.3) is 0 Å². The molecule has 0 N–H and O–H groups in total. The molecule has 2 rings (SSSR count). The van der Waals surface area contributed by atoms with Crippen LogP contribution in [0.5, 0.6) is 11.5 Å². The van der Waals surface area contributed by atoms with Gasteiger partial charge in [-0.3, -0.25) is 0 Å². The van der Waals surface area contributed by atoms with E-state index in [0.29, 0.717) is 30.1 Å². The third-order valence-electron chi connectivity index (χ3n) is 5.37. The molecule has 0 bridgehead atoms. The number of hydrogen-bond donors (Lipinski definition) is 0. The molecule has 7 heteroatoms. The summed E-state index contributed by atoms with van der Waals surface area (Å²) >= 11 is 0. The third kappa shape index (κ3) is 8.68. The second-order valence-electron chi connectivity index (χ2n) is 7.79. The monoisotopic (exact) mass is 460 g/mol. The van der Waals surface area contributed by atoms with Crippen LogP contribution in [0.3, 0.4) is 0 Å². The highest BCUT2D eigenvalue weighted by atomic mass is 16.7. The van der Waals surface area contributed by atoms with Crippen molar-refractivity contribution in [3.05, 3.63) is 59.2 Å². The number of benzene rings is 2. The van der Waals surface area contributed by atoms with Gasteiger partial charge in [-0.1, -0.05) is 30.3 Å². The summed E-state index contributed by atoms with van der Waals surface area (Å²) in [6.45, 7) is 2.79. The Morgan fingerprint density at radius 3 is 2.36 bits per heavy atom. The Morgan fingerprint density at radius 1 is 0.970 bits per heavy atom. The van der Waals surface area contributed by atoms with Crippen LogP contribution >= 0.6 is 0 Å². The highest BCUT2D eigenvalue weighted by Crippen LogP contribution is 2.31. The summed E-state index contributed by atoms with van der Waals surface area (Å²) in [5.41, 5.74) is 2.38. The molecule has 0 aliphatic rings. The molecule has 182 valence electrons. The van der Waals surface area contributed by atoms with Crippen molar-refractivity contribution >= 4 is 5.97 Å². The van der Waals surface area contributed by atoms with Crippen LogP contribution in [0.4, 0.5) is 0 Å². The smallest absolute Gasteiger partial charge is 0.341 e. The molecule has 2 aromatic carbocycles. The van der Waals surface area contributed by atoms with E-state index < -0.39 is 5.97 Å². The minimum absolute atomic E-state index is 0.00623. The normalized spacial score (nSPS) is 12.8. The van der Waals surface area contributed by atoms with E-state index in [2.05, 4.69) is 0 Å². The van der Waals surface area contributed by atoms with E-state index in [1.54, 1.807) is 20.3 Å². The maximum absolute atomic E-state index is 12.4. The van der Waals surface area contributed by atoms with Crippen molar-refractivity contribution in [3.63, 3.8) is 0 Å². The average Bonchev–Trinajstić information content (AvgIpc) is 2.85. The summed E-state index contributed by atoms with van der Waals surface area (Å²) in [7, 11) is 6.09. The fraction of sp³-hybridized carbons (Fsp3) is 0.500. The Kier molecular flexibility index (Phi) is 11.7. The van der Waals surface area contributed by atoms with E-state index >= 15 is 0 Å². The van der Waals surface area contributed by atoms with Gasteiger partial charge in [-0.05, 0) is 49.8 Å². The van der Waals surface area contributed by atoms with E-state index in [1.807, 2.05) is 43.3 Å². The molecule has 0 aliphatic heterocycles. The average molecular weight is 461 g/mol. The van der Waals surface area contributed by atoms with E-state index in [0.717, 1.165) is 30.4 Å². The molecule has 0 aliphatic carbocycles. The first kappa shape index (κ1) is 26.6. The van der Waals surface area contributed by atoms with Crippen LogP contribution in [-0.4, -0.2) is 53.4 Å². The van der Waals surface area contributed by atoms with Crippen molar-refractivity contribution in [2.24, 2.45) is 0 Å². The van der Waals surface area contributed by atoms with Crippen molar-refractivity contribution in [3.8, 4) is 11.5 Å². The van der Waals surface area contributed by atoms with Crippen LogP contribution in [0.15, 0.2) is 42.5 Å². The summed E-state index contributed by atoms with van der Waals surface area (Å²) in [4.78, 5) is 12.4. The first-order valence-electron chi connectivity index (χ1n) is 11.1. The SMILES string of the molecule is COCO[C@@H](C)C[C@H](CCCc1cc(OC)cc(OC)c1C(=O)OC)OCc1ccccc1. The zero-order valence-electron chi connectivity index (χ0n) is 20.3. The molecule has 0 fully saturated rings. The summed E-state index contributed by atoms with van der Waals surface area (Å²) in [6, 6.07) is 13.6. The molecular weight excluding hydrogens is 424 g/mol. The van der Waals surface area contributed by atoms with Crippen LogP contribution in [0.1, 0.15) is 47.7 Å². The second-order valence-corrected chi connectivity index (χ2v) is 7.79. The van der Waals surface area contributed by atoms with E-state index in [-0.39, 0.29) is 19.0 Å². The van der Waals surface area contributed by atoms with Crippen molar-refractivity contribution in [2.75, 3.05) is 35.2 Å². The number of carbonyl (C=O) groups is 1. The fourth-order valence-electron chi connectivity index (χ4n) is 3.66. The lowest BCUT2D eigenvalue weighted by Gasteiger charge is -2.22. The lowest BCUT2D eigenvalue weighted by Crippen LogP contribution is -2.22. The van der Waals surface area contributed by atoms with Crippen LogP contribution in [0, 0.1) is 0 Å². The summed E-state index contributed by atoms with van der Waals surface area (Å²) in [6.07, 6.45) is 2.97. The standard InChI is InChI=1S/C26H36O7/c1-19(33-18-28-2)14-22(32-17-20-10-7-6-8-11-20)13-9-12-21-15-23(29-3)16-24(30-4)25(21)26(27)31-5/h6-8,10-11,15-16,19,22H,9,12-14,17-18H2,1-5H3/t19-,22-/m0/s1. The predicted octanol–water partition coefficient (Wildman–Crippen LogP) is 4.80. The van der Waals surface area contributed by atoms with E-state index in [1.165, 1.54) is 14.2 Å². The molecule has 2 atom stereocenters. The minimum atomic E-state index is -0.428. The molecule has 2 aromatic rings. The fourth-order valence-corrected chi connectivity index (χ4v) is 3.66. The Labute approximate surface area is 196 Å². The summed E-state index contributed by atoms with van der Waals surface area (Å²) < 4.78 is 32.7. The predicted molar refractivity (Wildman–Crippen MR) is 126 cm³/mol. The van der Waals surface area contributed by atoms with Gasteiger partial charge in [0.05, 0.1) is 40.1 Å². The van der Waals surface area contributed by atoms with Crippen LogP contribution < -0.4 is 9.47 Å². The van der Waals surface area contributed by atoms with Gasteiger partial charge in [-0.15, -0.1) is 0 Å². The Morgan fingerprint density at radius 2 is 1.73 bits per heavy atom. The number of ether oxygens (including phenoxy) is 6. The molecule has 0 aromatic heterocycles. The maximum atomic E-state index is 12.4. The second kappa shape index (κ2) is 14.5. The number of aryl methyl sites for hydroxylation is 1. The molecule has 0 saturated heterocycles. The summed E-state index contributed by atoms with van der Waals surface area (Å²) in [5.74, 6) is 0.644. The molecule has 0 radical (unpaired) electrons. The molecule has 7 nitrogen and oxygen atoms in total. The number of rotatable bonds is 15. The maximum Gasteiger partial charge on any atom is 0.341 e. The Balaban J connectivity index is 2.09. The van der Waals surface area contributed by atoms with Gasteiger partial charge in [0, 0.05) is 13.2 Å². The van der Waals surface area contributed by atoms with Gasteiger partial charge in [-0.25, -0.2) is 4.79 Å². The van der Waals surface area contributed by atoms with Crippen LogP contribution in [0.25, 0.3) is 0 Å². The van der Waals surface area contributed by atoms with Gasteiger partial charge in [0.15, 0.2) is 0 Å². The van der Waals surface area contributed by atoms with Gasteiger partial charge in [-0.2, -0.15) is 0 Å². The molecule has 0 amide bonds. The lowest BCUT2D eigenvalue weighted by atomic mass is 9.98. The highest BCUT2D eigenvalue weighted by molar-refractivity contribution is 5.94. The zero-order chi connectivity index (χ0) is 24.1. The quantitative estimate of drug-likeness (QED) is 0.279. The van der Waals surface area contributed by atoms with Crippen molar-refractivity contribution in [1.82, 2.24) is 0 Å². The highest BCUT2D eigenvalue weighted by Gasteiger charge is 2.21. The van der Waals surface area contributed by atoms with Gasteiger partial charge >= 0.3 is 5.97 Å². The van der Waals surface area contributed by atoms with E-state index in [4.69, 9.17) is 28.4 Å². The molecule has 33 heavy (non-hydrogen) atoms. The largest absolute Gasteiger partial charge is 0.497 e. The van der Waals surface area contributed by atoms with Crippen molar-refractivity contribution < 1.29 is 33.2 Å². The minimum Gasteiger partial charge on any atom is -0.497 e. The molecule has 0 saturated carbocycles. The van der Waals surface area contributed by atoms with Gasteiger partial charge < -0.3 is 28.4 Å². The lowest BCUT2D eigenvalue weighted by molar-refractivity contribution is -0.0868. The molecule has 0 unspecified atom stereocenters. The first-order valence-corrected chi connectivity index (χ1v) is 11.1. The van der Waals surface area contributed by atoms with Gasteiger partial charge in [0.2, 0.25) is 0 Å². The number of carbonyl (C=O) groups excluding carboxylic acids is 1. The zero-order valence-corrected chi connectivity index (χ0v) is 20.3. The topological polar surface area (TPSA) is 72.5 Å². The number of hydrogen-bond acceptors (Lipinski definition) is 7. The van der Waals surface area contributed by atoms with Crippen molar-refractivity contribution in [1.29, 1.82) is 0 Å². The molecule has 0 spiro atoms. The summed E-state index contributed by atoms with van der Waals surface area (Å²) in [5, 5.41) is 0. The van der Waals surface area contributed by atoms with Crippen molar-refractivity contribution in [2.45, 2.75) is 51.4 Å². The van der Waals surface area contributed by atoms with Crippen LogP contribution in [0.2, 0.25) is 0 Å². The molecule has 0 heterocycles.